The van der Waals surface area contributed by atoms with E-state index in [2.05, 4.69) is 15.3 Å². The van der Waals surface area contributed by atoms with E-state index in [0.717, 1.165) is 18.6 Å². The normalized spacial score (nSPS) is 14.2. The zero-order valence-corrected chi connectivity index (χ0v) is 10.6. The van der Waals surface area contributed by atoms with E-state index in [9.17, 15) is 4.39 Å². The summed E-state index contributed by atoms with van der Waals surface area (Å²) < 4.78 is 19.5. The zero-order chi connectivity index (χ0) is 13.2. The van der Waals surface area contributed by atoms with Crippen LogP contribution in [-0.4, -0.2) is 23.1 Å². The van der Waals surface area contributed by atoms with Crippen LogP contribution in [0.25, 0.3) is 11.3 Å². The Kier molecular flexibility index (Phi) is 3.03. The lowest BCUT2D eigenvalue weighted by atomic mass is 10.1. The number of anilines is 1. The quantitative estimate of drug-likeness (QED) is 0.917. The number of halogens is 1. The van der Waals surface area contributed by atoms with Gasteiger partial charge in [-0.25, -0.2) is 14.4 Å². The molecule has 0 spiro atoms. The van der Waals surface area contributed by atoms with Gasteiger partial charge in [0.05, 0.1) is 12.3 Å². The SMILES string of the molecule is CNc1ncc(F)c(-c2cccc(OC3CC3)c2)n1. The molecule has 1 aliphatic carbocycles. The highest BCUT2D eigenvalue weighted by Crippen LogP contribution is 2.30. The van der Waals surface area contributed by atoms with Crippen LogP contribution in [-0.2, 0) is 0 Å². The van der Waals surface area contributed by atoms with Crippen LogP contribution in [0.4, 0.5) is 10.3 Å². The van der Waals surface area contributed by atoms with Gasteiger partial charge < -0.3 is 10.1 Å². The van der Waals surface area contributed by atoms with Crippen molar-refractivity contribution in [2.24, 2.45) is 0 Å². The summed E-state index contributed by atoms with van der Waals surface area (Å²) in [6.07, 6.45) is 3.67. The molecule has 1 aliphatic rings. The van der Waals surface area contributed by atoms with Crippen molar-refractivity contribution >= 4 is 5.95 Å². The molecule has 0 bridgehead atoms. The molecule has 1 heterocycles. The minimum Gasteiger partial charge on any atom is -0.490 e. The van der Waals surface area contributed by atoms with Gasteiger partial charge in [0.1, 0.15) is 11.4 Å². The Hall–Kier alpha value is -2.17. The van der Waals surface area contributed by atoms with Crippen molar-refractivity contribution in [3.05, 3.63) is 36.3 Å². The van der Waals surface area contributed by atoms with E-state index in [-0.39, 0.29) is 5.69 Å². The monoisotopic (exact) mass is 259 g/mol. The first-order chi connectivity index (χ1) is 9.26. The maximum absolute atomic E-state index is 13.8. The number of hydrogen-bond acceptors (Lipinski definition) is 4. The molecule has 0 radical (unpaired) electrons. The molecule has 0 atom stereocenters. The van der Waals surface area contributed by atoms with Gasteiger partial charge in [-0.1, -0.05) is 12.1 Å². The van der Waals surface area contributed by atoms with Crippen LogP contribution in [0.15, 0.2) is 30.5 Å². The summed E-state index contributed by atoms with van der Waals surface area (Å²) in [4.78, 5) is 7.98. The van der Waals surface area contributed by atoms with Crippen LogP contribution in [0.5, 0.6) is 5.75 Å². The summed E-state index contributed by atoms with van der Waals surface area (Å²) in [5.41, 5.74) is 0.968. The molecule has 1 aromatic carbocycles. The Morgan fingerprint density at radius 1 is 1.37 bits per heavy atom. The van der Waals surface area contributed by atoms with Gasteiger partial charge in [-0.2, -0.15) is 0 Å². The molecule has 1 N–H and O–H groups in total. The van der Waals surface area contributed by atoms with Gasteiger partial charge in [-0.05, 0) is 25.0 Å². The second-order valence-corrected chi connectivity index (χ2v) is 4.49. The molecule has 1 fully saturated rings. The zero-order valence-electron chi connectivity index (χ0n) is 10.6. The Balaban J connectivity index is 1.95. The Morgan fingerprint density at radius 2 is 2.21 bits per heavy atom. The number of hydrogen-bond donors (Lipinski definition) is 1. The fraction of sp³-hybridized carbons (Fsp3) is 0.286. The number of aromatic nitrogens is 2. The predicted octanol–water partition coefficient (Wildman–Crippen LogP) is 2.87. The summed E-state index contributed by atoms with van der Waals surface area (Å²) in [6, 6.07) is 7.33. The molecule has 4 nitrogen and oxygen atoms in total. The minimum absolute atomic E-state index is 0.278. The molecular weight excluding hydrogens is 245 g/mol. The highest BCUT2D eigenvalue weighted by atomic mass is 19.1. The number of nitrogens with zero attached hydrogens (tertiary/aromatic N) is 2. The second-order valence-electron chi connectivity index (χ2n) is 4.49. The van der Waals surface area contributed by atoms with Gasteiger partial charge in [0.25, 0.3) is 0 Å². The lowest BCUT2D eigenvalue weighted by Gasteiger charge is -2.08. The van der Waals surface area contributed by atoms with Crippen molar-refractivity contribution in [1.82, 2.24) is 9.97 Å². The number of rotatable bonds is 4. The second kappa shape index (κ2) is 4.84. The van der Waals surface area contributed by atoms with Crippen molar-refractivity contribution in [2.75, 3.05) is 12.4 Å². The lowest BCUT2D eigenvalue weighted by molar-refractivity contribution is 0.303. The molecule has 1 aromatic heterocycles. The fourth-order valence-electron chi connectivity index (χ4n) is 1.79. The smallest absolute Gasteiger partial charge is 0.223 e. The third kappa shape index (κ3) is 2.65. The molecule has 3 rings (SSSR count). The van der Waals surface area contributed by atoms with E-state index in [0.29, 0.717) is 17.6 Å². The molecule has 0 saturated heterocycles. The molecule has 5 heteroatoms. The predicted molar refractivity (Wildman–Crippen MR) is 70.6 cm³/mol. The Bertz CT molecular complexity index is 599. The average Bonchev–Trinajstić information content (AvgIpc) is 3.23. The largest absolute Gasteiger partial charge is 0.490 e. The first-order valence-corrected chi connectivity index (χ1v) is 6.23. The van der Waals surface area contributed by atoms with E-state index in [1.165, 1.54) is 6.20 Å². The maximum Gasteiger partial charge on any atom is 0.223 e. The topological polar surface area (TPSA) is 47.0 Å². The molecule has 0 aliphatic heterocycles. The molecule has 19 heavy (non-hydrogen) atoms. The third-order valence-electron chi connectivity index (χ3n) is 2.90. The standard InChI is InChI=1S/C14H14FN3O/c1-16-14-17-8-12(15)13(18-14)9-3-2-4-11(7-9)19-10-5-6-10/h2-4,7-8,10H,5-6H2,1H3,(H,16,17,18). The van der Waals surface area contributed by atoms with Gasteiger partial charge in [0, 0.05) is 12.6 Å². The molecule has 1 saturated carbocycles. The first kappa shape index (κ1) is 11.9. The van der Waals surface area contributed by atoms with Gasteiger partial charge in [-0.15, -0.1) is 0 Å². The average molecular weight is 259 g/mol. The Morgan fingerprint density at radius 3 is 2.95 bits per heavy atom. The molecule has 98 valence electrons. The highest BCUT2D eigenvalue weighted by molar-refractivity contribution is 5.62. The summed E-state index contributed by atoms with van der Waals surface area (Å²) >= 11 is 0. The molecule has 2 aromatic rings. The highest BCUT2D eigenvalue weighted by Gasteiger charge is 2.23. The van der Waals surface area contributed by atoms with Crippen LogP contribution >= 0.6 is 0 Å². The van der Waals surface area contributed by atoms with E-state index < -0.39 is 5.82 Å². The van der Waals surface area contributed by atoms with E-state index in [1.807, 2.05) is 24.3 Å². The number of nitrogens with one attached hydrogen (secondary N) is 1. The van der Waals surface area contributed by atoms with Crippen LogP contribution in [0.1, 0.15) is 12.8 Å². The fourth-order valence-corrected chi connectivity index (χ4v) is 1.79. The van der Waals surface area contributed by atoms with Crippen molar-refractivity contribution < 1.29 is 9.13 Å². The van der Waals surface area contributed by atoms with Crippen molar-refractivity contribution in [2.45, 2.75) is 18.9 Å². The lowest BCUT2D eigenvalue weighted by Crippen LogP contribution is -2.00. The molecule has 0 amide bonds. The molecular formula is C14H14FN3O. The van der Waals surface area contributed by atoms with Crippen molar-refractivity contribution in [3.8, 4) is 17.0 Å². The van der Waals surface area contributed by atoms with E-state index in [1.54, 1.807) is 7.05 Å². The number of benzene rings is 1. The van der Waals surface area contributed by atoms with Crippen molar-refractivity contribution in [3.63, 3.8) is 0 Å². The summed E-state index contributed by atoms with van der Waals surface area (Å²) in [5, 5.41) is 2.80. The van der Waals surface area contributed by atoms with Crippen LogP contribution in [0.2, 0.25) is 0 Å². The summed E-state index contributed by atoms with van der Waals surface area (Å²) in [6.45, 7) is 0. The van der Waals surface area contributed by atoms with Gasteiger partial charge >= 0.3 is 0 Å². The first-order valence-electron chi connectivity index (χ1n) is 6.23. The van der Waals surface area contributed by atoms with Crippen LogP contribution in [0, 0.1) is 5.82 Å². The van der Waals surface area contributed by atoms with Crippen LogP contribution < -0.4 is 10.1 Å². The summed E-state index contributed by atoms with van der Waals surface area (Å²) in [5.74, 6) is 0.705. The third-order valence-corrected chi connectivity index (χ3v) is 2.90. The van der Waals surface area contributed by atoms with Gasteiger partial charge in [0.2, 0.25) is 5.95 Å². The van der Waals surface area contributed by atoms with Crippen molar-refractivity contribution in [1.29, 1.82) is 0 Å². The van der Waals surface area contributed by atoms with Gasteiger partial charge in [-0.3, -0.25) is 0 Å². The minimum atomic E-state index is -0.442. The maximum atomic E-state index is 13.8. The van der Waals surface area contributed by atoms with Gasteiger partial charge in [0.15, 0.2) is 5.82 Å². The van der Waals surface area contributed by atoms with Crippen LogP contribution in [0.3, 0.4) is 0 Å². The Labute approximate surface area is 110 Å². The van der Waals surface area contributed by atoms with E-state index >= 15 is 0 Å². The molecule has 0 unspecified atom stereocenters. The summed E-state index contributed by atoms with van der Waals surface area (Å²) in [7, 11) is 1.70. The van der Waals surface area contributed by atoms with E-state index in [4.69, 9.17) is 4.74 Å². The number of ether oxygens (including phenoxy) is 1.